The molecule has 0 amide bonds. The number of anilines is 1. The highest BCUT2D eigenvalue weighted by atomic mass is 35.5. The van der Waals surface area contributed by atoms with Gasteiger partial charge in [0.2, 0.25) is 0 Å². The van der Waals surface area contributed by atoms with Crippen molar-refractivity contribution >= 4 is 28.6 Å². The van der Waals surface area contributed by atoms with Gasteiger partial charge in [-0.25, -0.2) is 0 Å². The molecule has 1 atom stereocenters. The molecule has 0 bridgehead atoms. The lowest BCUT2D eigenvalue weighted by atomic mass is 10.1. The Bertz CT molecular complexity index is 509. The van der Waals surface area contributed by atoms with Crippen molar-refractivity contribution in [3.05, 3.63) is 51.2 Å². The first-order valence-electron chi connectivity index (χ1n) is 5.85. The van der Waals surface area contributed by atoms with Crippen molar-refractivity contribution in [2.75, 3.05) is 11.9 Å². The summed E-state index contributed by atoms with van der Waals surface area (Å²) in [5.41, 5.74) is 9.25. The highest BCUT2D eigenvalue weighted by Crippen LogP contribution is 2.29. The Morgan fingerprint density at radius 2 is 2.17 bits per heavy atom. The summed E-state index contributed by atoms with van der Waals surface area (Å²) in [6.45, 7) is 2.82. The molecular formula is C14H17ClN2S. The van der Waals surface area contributed by atoms with E-state index in [0.717, 1.165) is 22.8 Å². The lowest BCUT2D eigenvalue weighted by molar-refractivity contribution is 0.817. The van der Waals surface area contributed by atoms with E-state index >= 15 is 0 Å². The molecule has 96 valence electrons. The molecule has 0 saturated carbocycles. The molecule has 2 N–H and O–H groups in total. The van der Waals surface area contributed by atoms with Crippen molar-refractivity contribution in [2.45, 2.75) is 19.5 Å². The van der Waals surface area contributed by atoms with Gasteiger partial charge in [-0.05, 0) is 47.0 Å². The first-order valence-corrected chi connectivity index (χ1v) is 7.17. The SMILES string of the molecule is C[C@H](N)c1ccc(N(C)Cc2ccsc2)c(Cl)c1. The molecule has 1 aromatic carbocycles. The molecule has 1 heterocycles. The van der Waals surface area contributed by atoms with E-state index in [1.54, 1.807) is 11.3 Å². The third-order valence-corrected chi connectivity index (χ3v) is 3.94. The molecule has 18 heavy (non-hydrogen) atoms. The minimum absolute atomic E-state index is 0.0127. The van der Waals surface area contributed by atoms with E-state index < -0.39 is 0 Å². The van der Waals surface area contributed by atoms with Gasteiger partial charge in [0.1, 0.15) is 0 Å². The first-order chi connectivity index (χ1) is 8.58. The van der Waals surface area contributed by atoms with E-state index in [1.807, 2.05) is 32.2 Å². The molecule has 0 fully saturated rings. The van der Waals surface area contributed by atoms with Crippen LogP contribution in [0.5, 0.6) is 0 Å². The van der Waals surface area contributed by atoms with Crippen molar-refractivity contribution < 1.29 is 0 Å². The van der Waals surface area contributed by atoms with Crippen LogP contribution in [0.25, 0.3) is 0 Å². The summed E-state index contributed by atoms with van der Waals surface area (Å²) in [6.07, 6.45) is 0. The largest absolute Gasteiger partial charge is 0.369 e. The van der Waals surface area contributed by atoms with Gasteiger partial charge in [0.25, 0.3) is 0 Å². The molecule has 0 aliphatic heterocycles. The van der Waals surface area contributed by atoms with Crippen LogP contribution in [0.1, 0.15) is 24.1 Å². The fourth-order valence-corrected chi connectivity index (χ4v) is 2.85. The van der Waals surface area contributed by atoms with Crippen LogP contribution in [0.15, 0.2) is 35.0 Å². The molecule has 4 heteroatoms. The second kappa shape index (κ2) is 5.74. The van der Waals surface area contributed by atoms with Crippen molar-refractivity contribution in [3.8, 4) is 0 Å². The quantitative estimate of drug-likeness (QED) is 0.915. The first kappa shape index (κ1) is 13.4. The number of nitrogens with zero attached hydrogens (tertiary/aromatic N) is 1. The fraction of sp³-hybridized carbons (Fsp3) is 0.286. The minimum Gasteiger partial charge on any atom is -0.369 e. The Hall–Kier alpha value is -1.03. The summed E-state index contributed by atoms with van der Waals surface area (Å²) in [5.74, 6) is 0. The van der Waals surface area contributed by atoms with Gasteiger partial charge in [0.05, 0.1) is 10.7 Å². The standard InChI is InChI=1S/C14H17ClN2S/c1-10(16)12-3-4-14(13(15)7-12)17(2)8-11-5-6-18-9-11/h3-7,9-10H,8,16H2,1-2H3/t10-/m0/s1. The molecule has 0 unspecified atom stereocenters. The van der Waals surface area contributed by atoms with Gasteiger partial charge in [0, 0.05) is 19.6 Å². The average molecular weight is 281 g/mol. The van der Waals surface area contributed by atoms with Crippen molar-refractivity contribution in [1.82, 2.24) is 0 Å². The summed E-state index contributed by atoms with van der Waals surface area (Å²) in [4.78, 5) is 2.15. The molecule has 0 spiro atoms. The molecule has 0 aliphatic carbocycles. The Balaban J connectivity index is 2.17. The van der Waals surface area contributed by atoms with E-state index in [0.29, 0.717) is 0 Å². The van der Waals surface area contributed by atoms with Crippen LogP contribution in [0, 0.1) is 0 Å². The maximum absolute atomic E-state index is 6.31. The summed E-state index contributed by atoms with van der Waals surface area (Å²) in [5, 5.41) is 4.99. The highest BCUT2D eigenvalue weighted by molar-refractivity contribution is 7.07. The number of rotatable bonds is 4. The van der Waals surface area contributed by atoms with E-state index in [1.165, 1.54) is 5.56 Å². The Morgan fingerprint density at radius 3 is 2.72 bits per heavy atom. The third kappa shape index (κ3) is 3.05. The molecular weight excluding hydrogens is 264 g/mol. The van der Waals surface area contributed by atoms with E-state index in [4.69, 9.17) is 17.3 Å². The number of nitrogens with two attached hydrogens (primary N) is 1. The van der Waals surface area contributed by atoms with Crippen LogP contribution in [0.2, 0.25) is 5.02 Å². The number of benzene rings is 1. The maximum atomic E-state index is 6.31. The average Bonchev–Trinajstić information content (AvgIpc) is 2.81. The number of hydrogen-bond donors (Lipinski definition) is 1. The number of halogens is 1. The second-order valence-electron chi connectivity index (χ2n) is 4.49. The van der Waals surface area contributed by atoms with Crippen LogP contribution in [-0.4, -0.2) is 7.05 Å². The molecule has 2 aromatic rings. The van der Waals surface area contributed by atoms with E-state index in [2.05, 4.69) is 21.7 Å². The van der Waals surface area contributed by atoms with Gasteiger partial charge >= 0.3 is 0 Å². The fourth-order valence-electron chi connectivity index (χ4n) is 1.86. The normalized spacial score (nSPS) is 12.4. The molecule has 0 saturated heterocycles. The summed E-state index contributed by atoms with van der Waals surface area (Å²) in [7, 11) is 2.05. The van der Waals surface area contributed by atoms with Gasteiger partial charge in [0.15, 0.2) is 0 Å². The zero-order valence-electron chi connectivity index (χ0n) is 10.6. The summed E-state index contributed by atoms with van der Waals surface area (Å²) in [6, 6.07) is 8.17. The highest BCUT2D eigenvalue weighted by Gasteiger charge is 2.09. The molecule has 2 rings (SSSR count). The predicted molar refractivity (Wildman–Crippen MR) is 80.5 cm³/mol. The molecule has 0 aliphatic rings. The van der Waals surface area contributed by atoms with E-state index in [-0.39, 0.29) is 6.04 Å². The maximum Gasteiger partial charge on any atom is 0.0642 e. The minimum atomic E-state index is 0.0127. The van der Waals surface area contributed by atoms with Crippen LogP contribution in [0.4, 0.5) is 5.69 Å². The van der Waals surface area contributed by atoms with Gasteiger partial charge in [-0.3, -0.25) is 0 Å². The lowest BCUT2D eigenvalue weighted by Crippen LogP contribution is -2.16. The Morgan fingerprint density at radius 1 is 1.39 bits per heavy atom. The lowest BCUT2D eigenvalue weighted by Gasteiger charge is -2.21. The van der Waals surface area contributed by atoms with Crippen LogP contribution >= 0.6 is 22.9 Å². The molecule has 0 radical (unpaired) electrons. The Labute approximate surface area is 117 Å². The third-order valence-electron chi connectivity index (χ3n) is 2.91. The topological polar surface area (TPSA) is 29.3 Å². The second-order valence-corrected chi connectivity index (χ2v) is 5.67. The Kier molecular flexibility index (Phi) is 4.27. The summed E-state index contributed by atoms with van der Waals surface area (Å²) >= 11 is 8.03. The van der Waals surface area contributed by atoms with Gasteiger partial charge in [-0.15, -0.1) is 0 Å². The van der Waals surface area contributed by atoms with Crippen molar-refractivity contribution in [3.63, 3.8) is 0 Å². The van der Waals surface area contributed by atoms with Crippen LogP contribution in [0.3, 0.4) is 0 Å². The van der Waals surface area contributed by atoms with Crippen LogP contribution < -0.4 is 10.6 Å². The summed E-state index contributed by atoms with van der Waals surface area (Å²) < 4.78 is 0. The van der Waals surface area contributed by atoms with Gasteiger partial charge < -0.3 is 10.6 Å². The zero-order valence-corrected chi connectivity index (χ0v) is 12.1. The van der Waals surface area contributed by atoms with Crippen molar-refractivity contribution in [1.29, 1.82) is 0 Å². The predicted octanol–water partition coefficient (Wildman–Crippen LogP) is 4.06. The van der Waals surface area contributed by atoms with Crippen LogP contribution in [-0.2, 0) is 6.54 Å². The number of thiophene rings is 1. The molecule has 2 nitrogen and oxygen atoms in total. The smallest absolute Gasteiger partial charge is 0.0642 e. The van der Waals surface area contributed by atoms with Crippen molar-refractivity contribution in [2.24, 2.45) is 5.73 Å². The number of hydrogen-bond acceptors (Lipinski definition) is 3. The van der Waals surface area contributed by atoms with E-state index in [9.17, 15) is 0 Å². The van der Waals surface area contributed by atoms with Gasteiger partial charge in [-0.1, -0.05) is 17.7 Å². The monoisotopic (exact) mass is 280 g/mol. The van der Waals surface area contributed by atoms with Gasteiger partial charge in [-0.2, -0.15) is 11.3 Å². The zero-order chi connectivity index (χ0) is 13.1. The molecule has 1 aromatic heterocycles.